The van der Waals surface area contributed by atoms with Crippen LogP contribution in [0.2, 0.25) is 0 Å². The van der Waals surface area contributed by atoms with Gasteiger partial charge in [0.1, 0.15) is 5.69 Å². The molecule has 0 radical (unpaired) electrons. The van der Waals surface area contributed by atoms with Crippen LogP contribution >= 0.6 is 40.7 Å². The minimum atomic E-state index is -0.337. The average molecular weight is 347 g/mol. The standard InChI is InChI=1S/C9H12BrN3O2.2ClH/c1-5(11)2-8(14)13-7-3-6(10)4-12-9(7)15;;/h3-5H,2,11H2,1H3,(H,12,15)(H,13,14);2*1H. The van der Waals surface area contributed by atoms with Gasteiger partial charge in [0, 0.05) is 23.1 Å². The van der Waals surface area contributed by atoms with Gasteiger partial charge < -0.3 is 16.0 Å². The van der Waals surface area contributed by atoms with Gasteiger partial charge in [-0.2, -0.15) is 0 Å². The lowest BCUT2D eigenvalue weighted by molar-refractivity contribution is -0.116. The van der Waals surface area contributed by atoms with Crippen LogP contribution in [0.25, 0.3) is 0 Å². The topological polar surface area (TPSA) is 88.0 Å². The third kappa shape index (κ3) is 6.68. The van der Waals surface area contributed by atoms with Crippen molar-refractivity contribution in [3.8, 4) is 0 Å². The zero-order valence-corrected chi connectivity index (χ0v) is 12.2. The van der Waals surface area contributed by atoms with E-state index in [9.17, 15) is 9.59 Å². The van der Waals surface area contributed by atoms with E-state index >= 15 is 0 Å². The summed E-state index contributed by atoms with van der Waals surface area (Å²) in [4.78, 5) is 25.1. The SMILES string of the molecule is CC(N)CC(=O)Nc1cc(Br)c[nH]c1=O.Cl.Cl. The number of carbonyl (C=O) groups is 1. The number of aromatic amines is 1. The van der Waals surface area contributed by atoms with E-state index in [1.807, 2.05) is 0 Å². The normalized spacial score (nSPS) is 10.8. The van der Waals surface area contributed by atoms with Crippen molar-refractivity contribution in [3.63, 3.8) is 0 Å². The van der Waals surface area contributed by atoms with Gasteiger partial charge in [0.25, 0.3) is 5.56 Å². The number of H-pyrrole nitrogens is 1. The minimum Gasteiger partial charge on any atom is -0.327 e. The smallest absolute Gasteiger partial charge is 0.271 e. The van der Waals surface area contributed by atoms with Crippen molar-refractivity contribution in [3.05, 3.63) is 27.1 Å². The van der Waals surface area contributed by atoms with Gasteiger partial charge in [-0.05, 0) is 28.9 Å². The third-order valence-electron chi connectivity index (χ3n) is 1.65. The summed E-state index contributed by atoms with van der Waals surface area (Å²) in [5.41, 5.74) is 5.34. The number of anilines is 1. The van der Waals surface area contributed by atoms with E-state index < -0.39 is 0 Å². The molecule has 1 heterocycles. The fourth-order valence-corrected chi connectivity index (χ4v) is 1.39. The molecule has 1 atom stereocenters. The molecule has 0 fully saturated rings. The molecule has 0 aliphatic heterocycles. The van der Waals surface area contributed by atoms with E-state index in [1.54, 1.807) is 6.92 Å². The molecule has 0 bridgehead atoms. The molecule has 0 saturated heterocycles. The summed E-state index contributed by atoms with van der Waals surface area (Å²) in [5, 5.41) is 2.49. The molecule has 1 unspecified atom stereocenters. The summed E-state index contributed by atoms with van der Waals surface area (Å²) < 4.78 is 0.693. The summed E-state index contributed by atoms with van der Waals surface area (Å²) in [5.74, 6) is -0.270. The zero-order chi connectivity index (χ0) is 11.4. The molecule has 8 heteroatoms. The molecule has 17 heavy (non-hydrogen) atoms. The van der Waals surface area contributed by atoms with Crippen molar-refractivity contribution < 1.29 is 4.79 Å². The first kappa shape index (κ1) is 18.8. The van der Waals surface area contributed by atoms with Crippen molar-refractivity contribution in [2.45, 2.75) is 19.4 Å². The maximum Gasteiger partial charge on any atom is 0.271 e. The molecule has 0 aromatic carbocycles. The lowest BCUT2D eigenvalue weighted by atomic mass is 10.2. The minimum absolute atomic E-state index is 0. The van der Waals surface area contributed by atoms with Gasteiger partial charge in [0.2, 0.25) is 5.91 Å². The molecular formula is C9H14BrCl2N3O2. The van der Waals surface area contributed by atoms with Gasteiger partial charge in [0.05, 0.1) is 0 Å². The number of rotatable bonds is 3. The Balaban J connectivity index is 0. The first-order valence-electron chi connectivity index (χ1n) is 4.42. The van der Waals surface area contributed by atoms with E-state index in [-0.39, 0.29) is 54.4 Å². The van der Waals surface area contributed by atoms with Crippen molar-refractivity contribution in [1.29, 1.82) is 0 Å². The lowest BCUT2D eigenvalue weighted by Gasteiger charge is -2.06. The lowest BCUT2D eigenvalue weighted by Crippen LogP contribution is -2.26. The van der Waals surface area contributed by atoms with E-state index in [0.29, 0.717) is 4.47 Å². The molecule has 1 aromatic heterocycles. The molecule has 1 amide bonds. The third-order valence-corrected chi connectivity index (χ3v) is 2.11. The maximum absolute atomic E-state index is 11.3. The number of amides is 1. The molecule has 4 N–H and O–H groups in total. The summed E-state index contributed by atoms with van der Waals surface area (Å²) in [7, 11) is 0. The molecule has 1 rings (SSSR count). The van der Waals surface area contributed by atoms with E-state index in [4.69, 9.17) is 5.73 Å². The number of pyridine rings is 1. The second-order valence-corrected chi connectivity index (χ2v) is 4.21. The van der Waals surface area contributed by atoms with E-state index in [0.717, 1.165) is 0 Å². The van der Waals surface area contributed by atoms with Crippen LogP contribution in [0.5, 0.6) is 0 Å². The number of halogens is 3. The summed E-state index contributed by atoms with van der Waals surface area (Å²) >= 11 is 3.19. The fourth-order valence-electron chi connectivity index (χ4n) is 1.04. The summed E-state index contributed by atoms with van der Waals surface area (Å²) in [6.45, 7) is 1.73. The van der Waals surface area contributed by atoms with Crippen molar-refractivity contribution in [2.75, 3.05) is 5.32 Å². The first-order chi connectivity index (χ1) is 6.99. The van der Waals surface area contributed by atoms with Crippen LogP contribution in [-0.2, 0) is 4.79 Å². The Morgan fingerprint density at radius 1 is 1.59 bits per heavy atom. The Kier molecular flexibility index (Phi) is 9.42. The second kappa shape index (κ2) is 8.52. The van der Waals surface area contributed by atoms with Crippen LogP contribution < -0.4 is 16.6 Å². The van der Waals surface area contributed by atoms with Crippen molar-refractivity contribution in [2.24, 2.45) is 5.73 Å². The number of hydrogen-bond acceptors (Lipinski definition) is 3. The molecule has 0 aliphatic rings. The molecule has 0 saturated carbocycles. The molecule has 0 spiro atoms. The van der Waals surface area contributed by atoms with Crippen molar-refractivity contribution in [1.82, 2.24) is 4.98 Å². The number of nitrogens with one attached hydrogen (secondary N) is 2. The van der Waals surface area contributed by atoms with Gasteiger partial charge in [0.15, 0.2) is 0 Å². The Morgan fingerprint density at radius 2 is 2.18 bits per heavy atom. The summed E-state index contributed by atoms with van der Waals surface area (Å²) in [6, 6.07) is 1.31. The number of carbonyl (C=O) groups excluding carboxylic acids is 1. The van der Waals surface area contributed by atoms with Gasteiger partial charge in [-0.3, -0.25) is 9.59 Å². The number of aromatic nitrogens is 1. The van der Waals surface area contributed by atoms with E-state index in [2.05, 4.69) is 26.2 Å². The highest BCUT2D eigenvalue weighted by Gasteiger charge is 2.08. The molecule has 0 aliphatic carbocycles. The van der Waals surface area contributed by atoms with Gasteiger partial charge in [-0.15, -0.1) is 24.8 Å². The summed E-state index contributed by atoms with van der Waals surface area (Å²) in [6.07, 6.45) is 1.69. The fraction of sp³-hybridized carbons (Fsp3) is 0.333. The molecule has 5 nitrogen and oxygen atoms in total. The van der Waals surface area contributed by atoms with Gasteiger partial charge in [-0.1, -0.05) is 0 Å². The highest BCUT2D eigenvalue weighted by Crippen LogP contribution is 2.10. The monoisotopic (exact) mass is 345 g/mol. The van der Waals surface area contributed by atoms with Crippen LogP contribution in [0, 0.1) is 0 Å². The largest absolute Gasteiger partial charge is 0.327 e. The van der Waals surface area contributed by atoms with Crippen LogP contribution in [0.15, 0.2) is 21.5 Å². The van der Waals surface area contributed by atoms with Gasteiger partial charge in [-0.25, -0.2) is 0 Å². The first-order valence-corrected chi connectivity index (χ1v) is 5.22. The van der Waals surface area contributed by atoms with Crippen LogP contribution in [-0.4, -0.2) is 16.9 Å². The Morgan fingerprint density at radius 3 is 2.71 bits per heavy atom. The van der Waals surface area contributed by atoms with E-state index in [1.165, 1.54) is 12.3 Å². The number of nitrogens with two attached hydrogens (primary N) is 1. The maximum atomic E-state index is 11.3. The molecule has 98 valence electrons. The highest BCUT2D eigenvalue weighted by molar-refractivity contribution is 9.10. The molecule has 1 aromatic rings. The van der Waals surface area contributed by atoms with Crippen LogP contribution in [0.1, 0.15) is 13.3 Å². The van der Waals surface area contributed by atoms with Gasteiger partial charge >= 0.3 is 0 Å². The Bertz CT molecular complexity index is 423. The zero-order valence-electron chi connectivity index (χ0n) is 9.03. The quantitative estimate of drug-likeness (QED) is 0.777. The predicted octanol–water partition coefficient (Wildman–Crippen LogP) is 1.66. The Hall–Kier alpha value is -0.560. The predicted molar refractivity (Wildman–Crippen MR) is 76.2 cm³/mol. The van der Waals surface area contributed by atoms with Crippen LogP contribution in [0.3, 0.4) is 0 Å². The molecular weight excluding hydrogens is 333 g/mol. The Labute approximate surface area is 119 Å². The number of hydrogen-bond donors (Lipinski definition) is 3. The second-order valence-electron chi connectivity index (χ2n) is 3.29. The average Bonchev–Trinajstić information content (AvgIpc) is 2.10. The van der Waals surface area contributed by atoms with Crippen molar-refractivity contribution >= 4 is 52.3 Å². The van der Waals surface area contributed by atoms with Crippen LogP contribution in [0.4, 0.5) is 5.69 Å². The highest BCUT2D eigenvalue weighted by atomic mass is 79.9.